The average Bonchev–Trinajstić information content (AvgIpc) is 3.12. The van der Waals surface area contributed by atoms with E-state index in [2.05, 4.69) is 10.6 Å². The van der Waals surface area contributed by atoms with Crippen molar-refractivity contribution in [3.63, 3.8) is 0 Å². The number of aromatic hydroxyl groups is 1. The van der Waals surface area contributed by atoms with Crippen LogP contribution in [0.1, 0.15) is 34.1 Å². The molecule has 1 aliphatic heterocycles. The van der Waals surface area contributed by atoms with E-state index in [1.165, 1.54) is 66.7 Å². The molecule has 9 nitrogen and oxygen atoms in total. The van der Waals surface area contributed by atoms with Gasteiger partial charge in [-0.2, -0.15) is 0 Å². The van der Waals surface area contributed by atoms with Crippen LogP contribution in [0.5, 0.6) is 5.75 Å². The van der Waals surface area contributed by atoms with Crippen LogP contribution in [0.25, 0.3) is 0 Å². The highest BCUT2D eigenvalue weighted by atomic mass is 35.5. The number of rotatable bonds is 8. The van der Waals surface area contributed by atoms with Gasteiger partial charge in [0.25, 0.3) is 17.7 Å². The van der Waals surface area contributed by atoms with Gasteiger partial charge in [0.2, 0.25) is 0 Å². The number of carbonyl (C=O) groups is 4. The van der Waals surface area contributed by atoms with Crippen molar-refractivity contribution in [3.05, 3.63) is 93.6 Å². The second kappa shape index (κ2) is 11.4. The van der Waals surface area contributed by atoms with Crippen molar-refractivity contribution in [2.45, 2.75) is 13.3 Å². The minimum Gasteiger partial charge on any atom is -0.506 e. The predicted octanol–water partition coefficient (Wildman–Crippen LogP) is 5.30. The summed E-state index contributed by atoms with van der Waals surface area (Å²) in [5.74, 6) is -2.67. The number of anilines is 3. The molecule has 3 aromatic carbocycles. The molecule has 0 spiro atoms. The molecule has 0 radical (unpaired) electrons. The summed E-state index contributed by atoms with van der Waals surface area (Å²) in [6.07, 6.45) is 0.653. The fraction of sp³-hybridized carbons (Fsp3) is 0.111. The summed E-state index contributed by atoms with van der Waals surface area (Å²) in [4.78, 5) is 51.6. The number of nitrogens with one attached hydrogen (secondary N) is 2. The Labute approximate surface area is 227 Å². The molecule has 194 valence electrons. The Morgan fingerprint density at radius 2 is 1.68 bits per heavy atom. The van der Waals surface area contributed by atoms with Crippen molar-refractivity contribution in [2.24, 2.45) is 0 Å². The van der Waals surface area contributed by atoms with E-state index in [4.69, 9.17) is 27.9 Å². The van der Waals surface area contributed by atoms with Crippen LogP contribution in [0.2, 0.25) is 5.02 Å². The molecule has 3 amide bonds. The van der Waals surface area contributed by atoms with E-state index in [-0.39, 0.29) is 45.6 Å². The Balaban J connectivity index is 1.48. The molecule has 0 saturated carbocycles. The summed E-state index contributed by atoms with van der Waals surface area (Å²) in [6.45, 7) is 2.11. The number of nitrogens with zero attached hydrogens (tertiary/aromatic N) is 1. The normalized spacial score (nSPS) is 13.1. The molecule has 3 N–H and O–H groups in total. The molecule has 11 heteroatoms. The predicted molar refractivity (Wildman–Crippen MR) is 144 cm³/mol. The molecule has 0 saturated heterocycles. The molecule has 3 aromatic rings. The molecular weight excluding hydrogens is 533 g/mol. The first-order chi connectivity index (χ1) is 18.2. The van der Waals surface area contributed by atoms with Gasteiger partial charge in [-0.3, -0.25) is 14.4 Å². The molecule has 0 aliphatic carbocycles. The fourth-order valence-electron chi connectivity index (χ4n) is 3.55. The molecule has 1 heterocycles. The van der Waals surface area contributed by atoms with Gasteiger partial charge in [0.05, 0.1) is 23.5 Å². The first kappa shape index (κ1) is 26.7. The summed E-state index contributed by atoms with van der Waals surface area (Å²) >= 11 is 12.1. The van der Waals surface area contributed by atoms with Gasteiger partial charge in [-0.1, -0.05) is 36.2 Å². The van der Waals surface area contributed by atoms with E-state index in [0.29, 0.717) is 17.1 Å². The van der Waals surface area contributed by atoms with Gasteiger partial charge in [-0.15, -0.1) is 0 Å². The van der Waals surface area contributed by atoms with Crippen LogP contribution in [-0.2, 0) is 14.3 Å². The molecule has 4 rings (SSSR count). The van der Waals surface area contributed by atoms with E-state index in [0.717, 1.165) is 4.90 Å². The summed E-state index contributed by atoms with van der Waals surface area (Å²) in [7, 11) is 0. The first-order valence-corrected chi connectivity index (χ1v) is 12.2. The molecule has 0 aromatic heterocycles. The third kappa shape index (κ3) is 5.64. The van der Waals surface area contributed by atoms with Crippen molar-refractivity contribution in [1.29, 1.82) is 0 Å². The molecule has 0 bridgehead atoms. The maximum absolute atomic E-state index is 13.1. The van der Waals surface area contributed by atoms with Crippen molar-refractivity contribution in [2.75, 3.05) is 22.1 Å². The number of carbonyl (C=O) groups excluding carboxylic acids is 4. The van der Waals surface area contributed by atoms with Gasteiger partial charge >= 0.3 is 5.97 Å². The zero-order valence-electron chi connectivity index (χ0n) is 20.0. The Bertz CT molecular complexity index is 1470. The lowest BCUT2D eigenvalue weighted by molar-refractivity contribution is -0.120. The van der Waals surface area contributed by atoms with E-state index in [9.17, 15) is 24.3 Å². The quantitative estimate of drug-likeness (QED) is 0.196. The lowest BCUT2D eigenvalue weighted by Crippen LogP contribution is -2.32. The summed E-state index contributed by atoms with van der Waals surface area (Å²) < 4.78 is 5.12. The molecule has 38 heavy (non-hydrogen) atoms. The zero-order valence-corrected chi connectivity index (χ0v) is 21.5. The molecule has 0 fully saturated rings. The lowest BCUT2D eigenvalue weighted by atomic mass is 10.1. The van der Waals surface area contributed by atoms with Crippen LogP contribution in [0, 0.1) is 0 Å². The number of benzene rings is 3. The van der Waals surface area contributed by atoms with E-state index in [1.807, 2.05) is 6.92 Å². The van der Waals surface area contributed by atoms with Crippen molar-refractivity contribution >= 4 is 64.0 Å². The van der Waals surface area contributed by atoms with Crippen LogP contribution in [0.4, 0.5) is 17.1 Å². The number of hydrogen-bond acceptors (Lipinski definition) is 7. The van der Waals surface area contributed by atoms with Crippen LogP contribution < -0.4 is 15.5 Å². The highest BCUT2D eigenvalue weighted by Crippen LogP contribution is 2.31. The Hall–Kier alpha value is -4.34. The molecule has 0 atom stereocenters. The third-order valence-electron chi connectivity index (χ3n) is 5.43. The van der Waals surface area contributed by atoms with Crippen LogP contribution in [0.15, 0.2) is 77.5 Å². The summed E-state index contributed by atoms with van der Waals surface area (Å²) in [5.41, 5.74) is 1.000. The van der Waals surface area contributed by atoms with Gasteiger partial charge < -0.3 is 20.5 Å². The number of phenolic OH excluding ortho intramolecular Hbond substituents is 1. The monoisotopic (exact) mass is 553 g/mol. The number of phenols is 1. The minimum atomic E-state index is -0.754. The Kier molecular flexibility index (Phi) is 7.99. The number of amides is 3. The lowest BCUT2D eigenvalue weighted by Gasteiger charge is -2.16. The van der Waals surface area contributed by atoms with Gasteiger partial charge in [0.15, 0.2) is 0 Å². The number of hydrogen-bond donors (Lipinski definition) is 3. The van der Waals surface area contributed by atoms with Gasteiger partial charge in [-0.25, -0.2) is 9.69 Å². The van der Waals surface area contributed by atoms with Crippen molar-refractivity contribution in [3.8, 4) is 5.75 Å². The van der Waals surface area contributed by atoms with Crippen LogP contribution in [-0.4, -0.2) is 35.4 Å². The van der Waals surface area contributed by atoms with Crippen LogP contribution in [0.3, 0.4) is 0 Å². The van der Waals surface area contributed by atoms with E-state index in [1.54, 1.807) is 0 Å². The minimum absolute atomic E-state index is 0.139. The highest BCUT2D eigenvalue weighted by molar-refractivity contribution is 6.53. The second-order valence-electron chi connectivity index (χ2n) is 8.14. The van der Waals surface area contributed by atoms with E-state index < -0.39 is 23.7 Å². The Morgan fingerprint density at radius 1 is 0.947 bits per heavy atom. The van der Waals surface area contributed by atoms with Gasteiger partial charge in [-0.05, 0) is 67.1 Å². The fourth-order valence-corrected chi connectivity index (χ4v) is 3.93. The maximum atomic E-state index is 13.1. The largest absolute Gasteiger partial charge is 0.506 e. The maximum Gasteiger partial charge on any atom is 0.338 e. The standard InChI is InChI=1S/C27H21Cl2N3O6/c1-2-12-38-27(37)16-4-3-5-19(13-16)32-25(35)22(29)23(26(32)36)30-18-9-6-15(7-10-18)24(34)31-20-14-17(28)8-11-21(20)33/h3-11,13-14,30,33H,2,12H2,1H3,(H,31,34). The number of imide groups is 1. The molecule has 0 unspecified atom stereocenters. The van der Waals surface area contributed by atoms with E-state index >= 15 is 0 Å². The SMILES string of the molecule is CCCOC(=O)c1cccc(N2C(=O)C(Cl)=C(Nc3ccc(C(=O)Nc4cc(Cl)ccc4O)cc3)C2=O)c1. The highest BCUT2D eigenvalue weighted by Gasteiger charge is 2.39. The molecular formula is C27H21Cl2N3O6. The number of halogens is 2. The van der Waals surface area contributed by atoms with Crippen LogP contribution >= 0.6 is 23.2 Å². The first-order valence-electron chi connectivity index (χ1n) is 11.4. The smallest absolute Gasteiger partial charge is 0.338 e. The Morgan fingerprint density at radius 3 is 2.39 bits per heavy atom. The van der Waals surface area contributed by atoms with Crippen molar-refractivity contribution in [1.82, 2.24) is 0 Å². The number of ether oxygens (including phenoxy) is 1. The topological polar surface area (TPSA) is 125 Å². The van der Waals surface area contributed by atoms with Crippen molar-refractivity contribution < 1.29 is 29.0 Å². The third-order valence-corrected chi connectivity index (χ3v) is 6.01. The second-order valence-corrected chi connectivity index (χ2v) is 8.95. The molecule has 1 aliphatic rings. The number of esters is 1. The summed E-state index contributed by atoms with van der Waals surface area (Å²) in [5, 5.41) is 15.3. The average molecular weight is 554 g/mol. The zero-order chi connectivity index (χ0) is 27.4. The van der Waals surface area contributed by atoms with Gasteiger partial charge in [0, 0.05) is 16.3 Å². The summed E-state index contributed by atoms with van der Waals surface area (Å²) in [6, 6.07) is 16.2. The van der Waals surface area contributed by atoms with Gasteiger partial charge in [0.1, 0.15) is 16.5 Å².